The molecule has 1 aliphatic rings. The fraction of sp³-hybridized carbons (Fsp3) is 0.148. The number of carbonyl (C=O) groups excluding carboxylic acids is 1. The monoisotopic (exact) mass is 484 g/mol. The van der Waals surface area contributed by atoms with E-state index in [1.165, 1.54) is 18.4 Å². The first-order valence-corrected chi connectivity index (χ1v) is 12.4. The van der Waals surface area contributed by atoms with Crippen LogP contribution in [0.4, 0.5) is 0 Å². The lowest BCUT2D eigenvalue weighted by Gasteiger charge is -2.22. The summed E-state index contributed by atoms with van der Waals surface area (Å²) in [6, 6.07) is 23.9. The summed E-state index contributed by atoms with van der Waals surface area (Å²) in [6.07, 6.45) is 2.35. The maximum absolute atomic E-state index is 11.8. The standard InChI is InChI=1S/C27H21ClN4OS/c28-20-11-8-16(9-12-20)22-15-34-27(31-22)26-30-21-14-19(25(29)33)10-13-23(21)32(26)24(18-6-7-18)17-4-2-1-3-5-17/h1-5,8-15,18,24H,6-7H2,(H2,29,33). The molecule has 1 fully saturated rings. The van der Waals surface area contributed by atoms with Gasteiger partial charge in [-0.25, -0.2) is 9.97 Å². The first-order chi connectivity index (χ1) is 16.6. The zero-order valence-electron chi connectivity index (χ0n) is 18.2. The molecule has 7 heteroatoms. The minimum absolute atomic E-state index is 0.142. The Kier molecular flexibility index (Phi) is 5.20. The summed E-state index contributed by atoms with van der Waals surface area (Å²) in [7, 11) is 0. The molecule has 3 aromatic carbocycles. The van der Waals surface area contributed by atoms with Crippen LogP contribution in [-0.4, -0.2) is 20.4 Å². The Labute approximate surface area is 205 Å². The zero-order chi connectivity index (χ0) is 23.2. The van der Waals surface area contributed by atoms with Gasteiger partial charge in [0.1, 0.15) is 0 Å². The molecule has 1 amide bonds. The Bertz CT molecular complexity index is 1500. The molecule has 0 bridgehead atoms. The van der Waals surface area contributed by atoms with Crippen molar-refractivity contribution in [1.82, 2.24) is 14.5 Å². The number of amides is 1. The van der Waals surface area contributed by atoms with Gasteiger partial charge in [0.15, 0.2) is 10.8 Å². The molecule has 0 radical (unpaired) electrons. The van der Waals surface area contributed by atoms with Crippen LogP contribution in [0.15, 0.2) is 78.2 Å². The Morgan fingerprint density at radius 1 is 1.03 bits per heavy atom. The molecule has 5 aromatic rings. The molecule has 0 spiro atoms. The van der Waals surface area contributed by atoms with E-state index in [2.05, 4.69) is 28.8 Å². The van der Waals surface area contributed by atoms with Crippen molar-refractivity contribution in [1.29, 1.82) is 0 Å². The molecule has 0 aliphatic heterocycles. The van der Waals surface area contributed by atoms with Gasteiger partial charge in [-0.05, 0) is 54.7 Å². The summed E-state index contributed by atoms with van der Waals surface area (Å²) < 4.78 is 2.30. The molecule has 6 rings (SSSR count). The summed E-state index contributed by atoms with van der Waals surface area (Å²) in [5.74, 6) is 0.881. The molecular formula is C27H21ClN4OS. The van der Waals surface area contributed by atoms with Gasteiger partial charge in [-0.3, -0.25) is 4.79 Å². The second-order valence-electron chi connectivity index (χ2n) is 8.61. The lowest BCUT2D eigenvalue weighted by Crippen LogP contribution is -2.14. The number of carbonyl (C=O) groups is 1. The van der Waals surface area contributed by atoms with Crippen LogP contribution in [0.25, 0.3) is 33.1 Å². The number of hydrogen-bond donors (Lipinski definition) is 1. The van der Waals surface area contributed by atoms with Crippen LogP contribution >= 0.6 is 22.9 Å². The fourth-order valence-electron chi connectivity index (χ4n) is 4.51. The van der Waals surface area contributed by atoms with E-state index in [0.29, 0.717) is 16.5 Å². The number of nitrogens with zero attached hydrogens (tertiary/aromatic N) is 3. The minimum Gasteiger partial charge on any atom is -0.366 e. The fourth-order valence-corrected chi connectivity index (χ4v) is 5.45. The van der Waals surface area contributed by atoms with Crippen molar-refractivity contribution < 1.29 is 4.79 Å². The third-order valence-corrected chi connectivity index (χ3v) is 7.39. The maximum atomic E-state index is 11.8. The lowest BCUT2D eigenvalue weighted by atomic mass is 10.0. The number of benzene rings is 3. The summed E-state index contributed by atoms with van der Waals surface area (Å²) in [6.45, 7) is 0. The largest absolute Gasteiger partial charge is 0.366 e. The van der Waals surface area contributed by atoms with E-state index in [1.54, 1.807) is 23.5 Å². The molecule has 1 unspecified atom stereocenters. The highest BCUT2D eigenvalue weighted by atomic mass is 35.5. The molecule has 2 aromatic heterocycles. The van der Waals surface area contributed by atoms with Gasteiger partial charge in [0.25, 0.3) is 0 Å². The van der Waals surface area contributed by atoms with Gasteiger partial charge in [0, 0.05) is 21.5 Å². The van der Waals surface area contributed by atoms with Crippen LogP contribution in [-0.2, 0) is 0 Å². The molecule has 1 aliphatic carbocycles. The lowest BCUT2D eigenvalue weighted by molar-refractivity contribution is 0.100. The maximum Gasteiger partial charge on any atom is 0.248 e. The second kappa shape index (κ2) is 8.38. The van der Waals surface area contributed by atoms with Gasteiger partial charge in [-0.1, -0.05) is 54.1 Å². The van der Waals surface area contributed by atoms with Crippen molar-refractivity contribution in [2.24, 2.45) is 11.7 Å². The Balaban J connectivity index is 1.55. The third-order valence-electron chi connectivity index (χ3n) is 6.30. The number of primary amides is 1. The van der Waals surface area contributed by atoms with Crippen LogP contribution < -0.4 is 5.73 Å². The molecule has 34 heavy (non-hydrogen) atoms. The number of halogens is 1. The summed E-state index contributed by atoms with van der Waals surface area (Å²) in [4.78, 5) is 21.8. The summed E-state index contributed by atoms with van der Waals surface area (Å²) in [5, 5.41) is 3.58. The molecule has 1 saturated carbocycles. The van der Waals surface area contributed by atoms with Crippen molar-refractivity contribution in [2.75, 3.05) is 0 Å². The van der Waals surface area contributed by atoms with Crippen molar-refractivity contribution in [3.8, 4) is 22.1 Å². The molecule has 168 valence electrons. The van der Waals surface area contributed by atoms with Gasteiger partial charge >= 0.3 is 0 Å². The quantitative estimate of drug-likeness (QED) is 0.296. The predicted octanol–water partition coefficient (Wildman–Crippen LogP) is 6.58. The number of nitrogens with two attached hydrogens (primary N) is 1. The van der Waals surface area contributed by atoms with E-state index in [1.807, 2.05) is 41.8 Å². The van der Waals surface area contributed by atoms with Gasteiger partial charge in [0.05, 0.1) is 22.8 Å². The Morgan fingerprint density at radius 2 is 1.79 bits per heavy atom. The Morgan fingerprint density at radius 3 is 2.50 bits per heavy atom. The number of aromatic nitrogens is 3. The van der Waals surface area contributed by atoms with Crippen LogP contribution in [0.2, 0.25) is 5.02 Å². The van der Waals surface area contributed by atoms with E-state index < -0.39 is 5.91 Å². The molecule has 0 saturated heterocycles. The number of fused-ring (bicyclic) bond motifs is 1. The third kappa shape index (κ3) is 3.79. The van der Waals surface area contributed by atoms with E-state index in [-0.39, 0.29) is 6.04 Å². The van der Waals surface area contributed by atoms with Gasteiger partial charge < -0.3 is 10.3 Å². The van der Waals surface area contributed by atoms with E-state index in [4.69, 9.17) is 27.3 Å². The summed E-state index contributed by atoms with van der Waals surface area (Å²) >= 11 is 7.63. The normalized spacial score (nSPS) is 14.4. The average molecular weight is 485 g/mol. The number of thiazole rings is 1. The van der Waals surface area contributed by atoms with Crippen molar-refractivity contribution in [3.63, 3.8) is 0 Å². The SMILES string of the molecule is NC(=O)c1ccc2c(c1)nc(-c1nc(-c3ccc(Cl)cc3)cs1)n2C(c1ccccc1)C1CC1. The molecule has 2 N–H and O–H groups in total. The minimum atomic E-state index is -0.459. The highest BCUT2D eigenvalue weighted by molar-refractivity contribution is 7.13. The molecular weight excluding hydrogens is 464 g/mol. The van der Waals surface area contributed by atoms with Crippen LogP contribution in [0, 0.1) is 5.92 Å². The number of hydrogen-bond acceptors (Lipinski definition) is 4. The van der Waals surface area contributed by atoms with Crippen LogP contribution in [0.3, 0.4) is 0 Å². The molecule has 2 heterocycles. The number of imidazole rings is 1. The Hall–Kier alpha value is -3.48. The van der Waals surface area contributed by atoms with Crippen molar-refractivity contribution in [2.45, 2.75) is 18.9 Å². The zero-order valence-corrected chi connectivity index (χ0v) is 19.8. The second-order valence-corrected chi connectivity index (χ2v) is 9.91. The van der Waals surface area contributed by atoms with Crippen molar-refractivity contribution in [3.05, 3.63) is 94.3 Å². The topological polar surface area (TPSA) is 73.8 Å². The van der Waals surface area contributed by atoms with Crippen LogP contribution in [0.1, 0.15) is 34.8 Å². The molecule has 1 atom stereocenters. The highest BCUT2D eigenvalue weighted by Crippen LogP contribution is 2.47. The van der Waals surface area contributed by atoms with E-state index >= 15 is 0 Å². The summed E-state index contributed by atoms with van der Waals surface area (Å²) in [5.41, 5.74) is 10.9. The van der Waals surface area contributed by atoms with Crippen LogP contribution in [0.5, 0.6) is 0 Å². The average Bonchev–Trinajstić information content (AvgIpc) is 3.44. The first-order valence-electron chi connectivity index (χ1n) is 11.2. The smallest absolute Gasteiger partial charge is 0.248 e. The molecule has 5 nitrogen and oxygen atoms in total. The number of rotatable bonds is 6. The van der Waals surface area contributed by atoms with E-state index in [9.17, 15) is 4.79 Å². The predicted molar refractivity (Wildman–Crippen MR) is 137 cm³/mol. The highest BCUT2D eigenvalue weighted by Gasteiger charge is 2.36. The van der Waals surface area contributed by atoms with E-state index in [0.717, 1.165) is 33.1 Å². The van der Waals surface area contributed by atoms with Gasteiger partial charge in [-0.2, -0.15) is 0 Å². The van der Waals surface area contributed by atoms with Gasteiger partial charge in [-0.15, -0.1) is 11.3 Å². The van der Waals surface area contributed by atoms with Crippen molar-refractivity contribution >= 4 is 39.9 Å². The van der Waals surface area contributed by atoms with Gasteiger partial charge in [0.2, 0.25) is 5.91 Å². The first kappa shape index (κ1) is 21.1.